The van der Waals surface area contributed by atoms with Crippen LogP contribution in [0.2, 0.25) is 0 Å². The van der Waals surface area contributed by atoms with Crippen molar-refractivity contribution < 1.29 is 13.9 Å². The molecule has 0 bridgehead atoms. The molecule has 0 aromatic heterocycles. The fraction of sp³-hybridized carbons (Fsp3) is 0.917. The summed E-state index contributed by atoms with van der Waals surface area (Å²) in [5, 5.41) is 0. The first-order valence-electron chi connectivity index (χ1n) is 6.27. The van der Waals surface area contributed by atoms with E-state index in [-0.39, 0.29) is 11.8 Å². The third-order valence-electron chi connectivity index (χ3n) is 3.54. The Kier molecular flexibility index (Phi) is 4.16. The normalized spacial score (nSPS) is 28.1. The molecule has 0 radical (unpaired) electrons. The molecule has 4 heteroatoms. The quantitative estimate of drug-likeness (QED) is 0.722. The molecule has 0 aromatic carbocycles. The maximum Gasteiger partial charge on any atom is 0.225 e. The van der Waals surface area contributed by atoms with Gasteiger partial charge in [-0.2, -0.15) is 0 Å². The van der Waals surface area contributed by atoms with Gasteiger partial charge in [0.25, 0.3) is 0 Å². The van der Waals surface area contributed by atoms with Crippen LogP contribution in [0.1, 0.15) is 32.1 Å². The minimum Gasteiger partial charge on any atom is -0.374 e. The van der Waals surface area contributed by atoms with Crippen LogP contribution in [0, 0.1) is 5.92 Å². The Bertz CT molecular complexity index is 241. The minimum absolute atomic E-state index is 0.193. The summed E-state index contributed by atoms with van der Waals surface area (Å²) in [6.45, 7) is 1.25. The lowest BCUT2D eigenvalue weighted by Gasteiger charge is -2.25. The van der Waals surface area contributed by atoms with Crippen LogP contribution in [-0.4, -0.2) is 43.3 Å². The average Bonchev–Trinajstić information content (AvgIpc) is 2.73. The number of carbonyl (C=O) groups excluding carboxylic acids is 1. The van der Waals surface area contributed by atoms with Gasteiger partial charge in [0.2, 0.25) is 5.91 Å². The molecule has 16 heavy (non-hydrogen) atoms. The first kappa shape index (κ1) is 11.8. The van der Waals surface area contributed by atoms with E-state index in [4.69, 9.17) is 4.74 Å². The number of halogens is 1. The zero-order valence-corrected chi connectivity index (χ0v) is 9.66. The van der Waals surface area contributed by atoms with Gasteiger partial charge >= 0.3 is 0 Å². The molecule has 92 valence electrons. The predicted octanol–water partition coefficient (Wildman–Crippen LogP) is 1.76. The highest BCUT2D eigenvalue weighted by Gasteiger charge is 2.29. The van der Waals surface area contributed by atoms with Crippen LogP contribution >= 0.6 is 0 Å². The van der Waals surface area contributed by atoms with Crippen LogP contribution in [0.3, 0.4) is 0 Å². The number of ether oxygens (including phenoxy) is 1. The van der Waals surface area contributed by atoms with E-state index in [2.05, 4.69) is 0 Å². The predicted molar refractivity (Wildman–Crippen MR) is 58.9 cm³/mol. The molecule has 2 aliphatic rings. The van der Waals surface area contributed by atoms with Gasteiger partial charge in [0.1, 0.15) is 12.8 Å². The third-order valence-corrected chi connectivity index (χ3v) is 3.54. The third kappa shape index (κ3) is 2.73. The average molecular weight is 229 g/mol. The Morgan fingerprint density at radius 3 is 2.75 bits per heavy atom. The van der Waals surface area contributed by atoms with Gasteiger partial charge in [-0.15, -0.1) is 0 Å². The van der Waals surface area contributed by atoms with Crippen LogP contribution in [-0.2, 0) is 9.53 Å². The number of amides is 1. The van der Waals surface area contributed by atoms with Gasteiger partial charge in [0.15, 0.2) is 0 Å². The molecule has 1 aliphatic heterocycles. The van der Waals surface area contributed by atoms with E-state index in [0.29, 0.717) is 13.2 Å². The largest absolute Gasteiger partial charge is 0.374 e. The molecule has 1 atom stereocenters. The van der Waals surface area contributed by atoms with Gasteiger partial charge in [-0.25, -0.2) is 4.39 Å². The molecule has 0 aromatic rings. The summed E-state index contributed by atoms with van der Waals surface area (Å²) in [5.41, 5.74) is 0. The molecule has 0 spiro atoms. The standard InChI is InChI=1S/C12H20FNO2/c13-8-11-9-14(6-3-7-16-11)12(15)10-4-1-2-5-10/h10-11H,1-9H2/t11-/m0/s1. The lowest BCUT2D eigenvalue weighted by molar-refractivity contribution is -0.136. The Morgan fingerprint density at radius 2 is 2.06 bits per heavy atom. The maximum absolute atomic E-state index is 12.6. The van der Waals surface area contributed by atoms with E-state index < -0.39 is 12.8 Å². The first-order chi connectivity index (χ1) is 7.81. The molecule has 2 fully saturated rings. The molecule has 1 saturated heterocycles. The first-order valence-corrected chi connectivity index (χ1v) is 6.27. The summed E-state index contributed by atoms with van der Waals surface area (Å²) in [7, 11) is 0. The highest BCUT2D eigenvalue weighted by atomic mass is 19.1. The van der Waals surface area contributed by atoms with E-state index in [1.807, 2.05) is 4.90 Å². The van der Waals surface area contributed by atoms with Gasteiger partial charge in [0.05, 0.1) is 0 Å². The Morgan fingerprint density at radius 1 is 1.31 bits per heavy atom. The van der Waals surface area contributed by atoms with Crippen molar-refractivity contribution >= 4 is 5.91 Å². The molecule has 1 amide bonds. The number of hydrogen-bond donors (Lipinski definition) is 0. The number of alkyl halides is 1. The second-order valence-corrected chi connectivity index (χ2v) is 4.77. The lowest BCUT2D eigenvalue weighted by atomic mass is 10.1. The van der Waals surface area contributed by atoms with Gasteiger partial charge < -0.3 is 9.64 Å². The molecule has 2 rings (SSSR count). The van der Waals surface area contributed by atoms with Gasteiger partial charge in [-0.05, 0) is 19.3 Å². The van der Waals surface area contributed by atoms with Crippen molar-refractivity contribution in [2.75, 3.05) is 26.4 Å². The summed E-state index contributed by atoms with van der Waals surface area (Å²) in [6, 6.07) is 0. The fourth-order valence-electron chi connectivity index (χ4n) is 2.62. The van der Waals surface area contributed by atoms with Crippen molar-refractivity contribution in [3.05, 3.63) is 0 Å². The number of carbonyl (C=O) groups is 1. The van der Waals surface area contributed by atoms with Gasteiger partial charge in [-0.1, -0.05) is 12.8 Å². The Hall–Kier alpha value is -0.640. The van der Waals surface area contributed by atoms with E-state index >= 15 is 0 Å². The zero-order chi connectivity index (χ0) is 11.4. The van der Waals surface area contributed by atoms with E-state index in [9.17, 15) is 9.18 Å². The molecule has 1 heterocycles. The Balaban J connectivity index is 1.92. The van der Waals surface area contributed by atoms with Gasteiger partial charge in [-0.3, -0.25) is 4.79 Å². The second-order valence-electron chi connectivity index (χ2n) is 4.77. The van der Waals surface area contributed by atoms with Crippen LogP contribution in [0.25, 0.3) is 0 Å². The van der Waals surface area contributed by atoms with Crippen molar-refractivity contribution in [2.24, 2.45) is 5.92 Å². The minimum atomic E-state index is -0.492. The van der Waals surface area contributed by atoms with E-state index in [0.717, 1.165) is 38.6 Å². The summed E-state index contributed by atoms with van der Waals surface area (Å²) in [6.07, 6.45) is 4.76. The second kappa shape index (κ2) is 5.62. The number of nitrogens with zero attached hydrogens (tertiary/aromatic N) is 1. The van der Waals surface area contributed by atoms with Crippen molar-refractivity contribution in [1.82, 2.24) is 4.90 Å². The van der Waals surface area contributed by atoms with Crippen molar-refractivity contribution in [3.63, 3.8) is 0 Å². The molecule has 1 aliphatic carbocycles. The maximum atomic E-state index is 12.6. The highest BCUT2D eigenvalue weighted by Crippen LogP contribution is 2.27. The molecular formula is C12H20FNO2. The number of hydrogen-bond acceptors (Lipinski definition) is 2. The van der Waals surface area contributed by atoms with Crippen LogP contribution in [0.5, 0.6) is 0 Å². The molecule has 3 nitrogen and oxygen atoms in total. The molecule has 0 unspecified atom stereocenters. The van der Waals surface area contributed by atoms with Crippen LogP contribution < -0.4 is 0 Å². The smallest absolute Gasteiger partial charge is 0.225 e. The van der Waals surface area contributed by atoms with Crippen LogP contribution in [0.15, 0.2) is 0 Å². The summed E-state index contributed by atoms with van der Waals surface area (Å²) in [5.74, 6) is 0.416. The van der Waals surface area contributed by atoms with Crippen molar-refractivity contribution in [2.45, 2.75) is 38.2 Å². The lowest BCUT2D eigenvalue weighted by Crippen LogP contribution is -2.40. The van der Waals surface area contributed by atoms with Crippen LogP contribution in [0.4, 0.5) is 4.39 Å². The van der Waals surface area contributed by atoms with Gasteiger partial charge in [0, 0.05) is 25.6 Å². The molecular weight excluding hydrogens is 209 g/mol. The summed E-state index contributed by atoms with van der Waals surface area (Å²) < 4.78 is 17.9. The summed E-state index contributed by atoms with van der Waals surface area (Å²) in [4.78, 5) is 14.0. The number of rotatable bonds is 2. The van der Waals surface area contributed by atoms with E-state index in [1.165, 1.54) is 0 Å². The van der Waals surface area contributed by atoms with Crippen molar-refractivity contribution in [1.29, 1.82) is 0 Å². The van der Waals surface area contributed by atoms with Crippen molar-refractivity contribution in [3.8, 4) is 0 Å². The monoisotopic (exact) mass is 229 g/mol. The SMILES string of the molecule is O=C(C1CCCC1)N1CCCO[C@@H](CF)C1. The highest BCUT2D eigenvalue weighted by molar-refractivity contribution is 5.79. The zero-order valence-electron chi connectivity index (χ0n) is 9.66. The van der Waals surface area contributed by atoms with E-state index in [1.54, 1.807) is 0 Å². The molecule has 0 N–H and O–H groups in total. The fourth-order valence-corrected chi connectivity index (χ4v) is 2.62. The topological polar surface area (TPSA) is 29.5 Å². The molecule has 1 saturated carbocycles. The Labute approximate surface area is 95.9 Å². The summed E-state index contributed by atoms with van der Waals surface area (Å²) >= 11 is 0.